The molecule has 0 radical (unpaired) electrons. The van der Waals surface area contributed by atoms with Gasteiger partial charge in [0.1, 0.15) is 5.82 Å². The Morgan fingerprint density at radius 2 is 2.10 bits per heavy atom. The molecule has 2 aromatic rings. The smallest absolute Gasteiger partial charge is 0.303 e. The number of carboxylic acid groups (broad SMARTS) is 1. The number of benzene rings is 1. The maximum atomic E-state index is 10.6. The van der Waals surface area contributed by atoms with Gasteiger partial charge in [-0.2, -0.15) is 0 Å². The first-order valence-electron chi connectivity index (χ1n) is 6.19. The monoisotopic (exact) mass is 312 g/mol. The van der Waals surface area contributed by atoms with E-state index in [9.17, 15) is 4.79 Å². The fourth-order valence-corrected chi connectivity index (χ4v) is 2.41. The van der Waals surface area contributed by atoms with Gasteiger partial charge in [0.2, 0.25) is 0 Å². The second kappa shape index (κ2) is 6.29. The number of carbonyl (C=O) groups is 1. The standard InChI is InChI=1S/C14H14Cl2N2O2/c1-2-4-13-17-11-7-9(15)10(16)8-12(11)18(13)6-3-5-14(19)20/h2,7-8H,1,3-6H2,(H,19,20). The maximum absolute atomic E-state index is 10.6. The van der Waals surface area contributed by atoms with Gasteiger partial charge in [0.25, 0.3) is 0 Å². The fourth-order valence-electron chi connectivity index (χ4n) is 2.09. The normalized spacial score (nSPS) is 10.9. The summed E-state index contributed by atoms with van der Waals surface area (Å²) in [4.78, 5) is 15.1. The molecule has 6 heteroatoms. The highest BCUT2D eigenvalue weighted by atomic mass is 35.5. The lowest BCUT2D eigenvalue weighted by atomic mass is 10.2. The lowest BCUT2D eigenvalue weighted by Crippen LogP contribution is -2.05. The van der Waals surface area contributed by atoms with Crippen molar-refractivity contribution in [3.63, 3.8) is 0 Å². The number of aromatic nitrogens is 2. The lowest BCUT2D eigenvalue weighted by molar-refractivity contribution is -0.137. The first-order valence-corrected chi connectivity index (χ1v) is 6.95. The van der Waals surface area contributed by atoms with Crippen LogP contribution in [0.5, 0.6) is 0 Å². The molecule has 1 aromatic carbocycles. The van der Waals surface area contributed by atoms with E-state index in [2.05, 4.69) is 11.6 Å². The Hall–Kier alpha value is -1.52. The summed E-state index contributed by atoms with van der Waals surface area (Å²) in [6.45, 7) is 4.28. The maximum Gasteiger partial charge on any atom is 0.303 e. The van der Waals surface area contributed by atoms with Crippen molar-refractivity contribution in [3.8, 4) is 0 Å². The SMILES string of the molecule is C=CCc1nc2cc(Cl)c(Cl)cc2n1CCCC(=O)O. The van der Waals surface area contributed by atoms with Gasteiger partial charge in [-0.25, -0.2) is 4.98 Å². The number of fused-ring (bicyclic) bond motifs is 1. The summed E-state index contributed by atoms with van der Waals surface area (Å²) in [7, 11) is 0. The molecule has 1 N–H and O–H groups in total. The summed E-state index contributed by atoms with van der Waals surface area (Å²) in [5.74, 6) is 0.0273. The van der Waals surface area contributed by atoms with E-state index in [0.717, 1.165) is 16.9 Å². The van der Waals surface area contributed by atoms with Crippen LogP contribution in [0.1, 0.15) is 18.7 Å². The number of rotatable bonds is 6. The van der Waals surface area contributed by atoms with Gasteiger partial charge in [0.15, 0.2) is 0 Å². The third-order valence-electron chi connectivity index (χ3n) is 2.97. The van der Waals surface area contributed by atoms with Crippen LogP contribution in [0.15, 0.2) is 24.8 Å². The van der Waals surface area contributed by atoms with E-state index < -0.39 is 5.97 Å². The predicted octanol–water partition coefficient (Wildman–Crippen LogP) is 3.94. The molecule has 0 saturated heterocycles. The molecule has 106 valence electrons. The molecule has 4 nitrogen and oxygen atoms in total. The molecule has 1 aromatic heterocycles. The number of nitrogens with zero attached hydrogens (tertiary/aromatic N) is 2. The van der Waals surface area contributed by atoms with Gasteiger partial charge >= 0.3 is 5.97 Å². The van der Waals surface area contributed by atoms with Crippen LogP contribution in [0, 0.1) is 0 Å². The summed E-state index contributed by atoms with van der Waals surface area (Å²) in [5.41, 5.74) is 1.62. The van der Waals surface area contributed by atoms with E-state index in [1.807, 2.05) is 4.57 Å². The molecule has 0 amide bonds. The average molecular weight is 313 g/mol. The molecular weight excluding hydrogens is 299 g/mol. The minimum atomic E-state index is -0.805. The van der Waals surface area contributed by atoms with E-state index in [-0.39, 0.29) is 6.42 Å². The van der Waals surface area contributed by atoms with Crippen molar-refractivity contribution in [2.45, 2.75) is 25.8 Å². The second-order valence-corrected chi connectivity index (χ2v) is 5.24. The summed E-state index contributed by atoms with van der Waals surface area (Å²) >= 11 is 12.0. The van der Waals surface area contributed by atoms with Crippen LogP contribution >= 0.6 is 23.2 Å². The van der Waals surface area contributed by atoms with Crippen LogP contribution in [0.3, 0.4) is 0 Å². The minimum absolute atomic E-state index is 0.120. The van der Waals surface area contributed by atoms with Crippen molar-refractivity contribution in [2.75, 3.05) is 0 Å². The molecule has 0 bridgehead atoms. The van der Waals surface area contributed by atoms with Crippen LogP contribution in [0.2, 0.25) is 10.0 Å². The number of hydrogen-bond donors (Lipinski definition) is 1. The molecule has 20 heavy (non-hydrogen) atoms. The summed E-state index contributed by atoms with van der Waals surface area (Å²) in [5, 5.41) is 9.65. The van der Waals surface area contributed by atoms with Gasteiger partial charge in [0.05, 0.1) is 21.1 Å². The summed E-state index contributed by atoms with van der Waals surface area (Å²) < 4.78 is 1.97. The lowest BCUT2D eigenvalue weighted by Gasteiger charge is -2.07. The third-order valence-corrected chi connectivity index (χ3v) is 3.69. The predicted molar refractivity (Wildman–Crippen MR) is 80.5 cm³/mol. The Morgan fingerprint density at radius 1 is 1.40 bits per heavy atom. The van der Waals surface area contributed by atoms with E-state index >= 15 is 0 Å². The first kappa shape index (κ1) is 14.9. The Morgan fingerprint density at radius 3 is 2.75 bits per heavy atom. The minimum Gasteiger partial charge on any atom is -0.481 e. The van der Waals surface area contributed by atoms with Gasteiger partial charge in [-0.05, 0) is 18.6 Å². The third kappa shape index (κ3) is 3.14. The Labute approximate surface area is 126 Å². The molecule has 0 saturated carbocycles. The number of aryl methyl sites for hydroxylation is 1. The molecular formula is C14H14Cl2N2O2. The van der Waals surface area contributed by atoms with Crippen molar-refractivity contribution in [1.29, 1.82) is 0 Å². The summed E-state index contributed by atoms with van der Waals surface area (Å²) in [6, 6.07) is 3.49. The highest BCUT2D eigenvalue weighted by molar-refractivity contribution is 6.42. The number of allylic oxidation sites excluding steroid dienone is 1. The molecule has 2 rings (SSSR count). The van der Waals surface area contributed by atoms with Crippen LogP contribution in [0.4, 0.5) is 0 Å². The zero-order chi connectivity index (χ0) is 14.7. The van der Waals surface area contributed by atoms with Gasteiger partial charge in [-0.1, -0.05) is 29.3 Å². The number of imidazole rings is 1. The van der Waals surface area contributed by atoms with Gasteiger partial charge < -0.3 is 9.67 Å². The summed E-state index contributed by atoms with van der Waals surface area (Å²) in [6.07, 6.45) is 3.02. The van der Waals surface area contributed by atoms with Crippen molar-refractivity contribution in [1.82, 2.24) is 9.55 Å². The van der Waals surface area contributed by atoms with E-state index in [1.54, 1.807) is 18.2 Å². The zero-order valence-corrected chi connectivity index (χ0v) is 12.3. The van der Waals surface area contributed by atoms with Crippen molar-refractivity contribution in [2.24, 2.45) is 0 Å². The molecule has 0 aliphatic rings. The van der Waals surface area contributed by atoms with Crippen molar-refractivity contribution in [3.05, 3.63) is 40.7 Å². The molecule has 0 aliphatic carbocycles. The van der Waals surface area contributed by atoms with Gasteiger partial charge in [-0.3, -0.25) is 4.79 Å². The van der Waals surface area contributed by atoms with Gasteiger partial charge in [0, 0.05) is 19.4 Å². The van der Waals surface area contributed by atoms with Crippen LogP contribution < -0.4 is 0 Å². The second-order valence-electron chi connectivity index (χ2n) is 4.42. The Kier molecular flexibility index (Phi) is 4.68. The van der Waals surface area contributed by atoms with Crippen LogP contribution in [-0.2, 0) is 17.8 Å². The van der Waals surface area contributed by atoms with E-state index in [0.29, 0.717) is 29.4 Å². The van der Waals surface area contributed by atoms with Crippen molar-refractivity contribution < 1.29 is 9.90 Å². The molecule has 1 heterocycles. The Balaban J connectivity index is 2.41. The highest BCUT2D eigenvalue weighted by Crippen LogP contribution is 2.28. The number of halogens is 2. The van der Waals surface area contributed by atoms with Gasteiger partial charge in [-0.15, -0.1) is 6.58 Å². The molecule has 0 unspecified atom stereocenters. The largest absolute Gasteiger partial charge is 0.481 e. The highest BCUT2D eigenvalue weighted by Gasteiger charge is 2.12. The topological polar surface area (TPSA) is 55.1 Å². The Bertz CT molecular complexity index is 665. The number of carboxylic acids is 1. The number of hydrogen-bond acceptors (Lipinski definition) is 2. The quantitative estimate of drug-likeness (QED) is 0.822. The fraction of sp³-hybridized carbons (Fsp3) is 0.286. The van der Waals surface area contributed by atoms with E-state index in [1.165, 1.54) is 0 Å². The van der Waals surface area contributed by atoms with E-state index in [4.69, 9.17) is 28.3 Å². The number of aliphatic carboxylic acids is 1. The zero-order valence-electron chi connectivity index (χ0n) is 10.8. The molecule has 0 atom stereocenters. The van der Waals surface area contributed by atoms with Crippen molar-refractivity contribution >= 4 is 40.2 Å². The first-order chi connectivity index (χ1) is 9.52. The average Bonchev–Trinajstić information content (AvgIpc) is 2.68. The molecule has 0 fully saturated rings. The van der Waals surface area contributed by atoms with Crippen LogP contribution in [-0.4, -0.2) is 20.6 Å². The molecule has 0 aliphatic heterocycles. The van der Waals surface area contributed by atoms with Crippen LogP contribution in [0.25, 0.3) is 11.0 Å². The molecule has 0 spiro atoms.